The van der Waals surface area contributed by atoms with Gasteiger partial charge in [-0.1, -0.05) is 6.92 Å². The van der Waals surface area contributed by atoms with E-state index in [1.807, 2.05) is 13.8 Å². The molecule has 0 aliphatic heterocycles. The topological polar surface area (TPSA) is 82.2 Å². The molecule has 0 bridgehead atoms. The highest BCUT2D eigenvalue weighted by Crippen LogP contribution is 2.28. The molecule has 0 saturated carbocycles. The molecule has 1 aromatic heterocycles. The van der Waals surface area contributed by atoms with Crippen LogP contribution in [0.3, 0.4) is 0 Å². The Bertz CT molecular complexity index is 548. The Morgan fingerprint density at radius 3 is 2.79 bits per heavy atom. The Morgan fingerprint density at radius 2 is 2.11 bits per heavy atom. The molecule has 0 fully saturated rings. The van der Waals surface area contributed by atoms with Crippen molar-refractivity contribution in [1.82, 2.24) is 10.3 Å². The summed E-state index contributed by atoms with van der Waals surface area (Å²) in [6.07, 6.45) is 4.21. The smallest absolute Gasteiger partial charge is 0.264 e. The summed E-state index contributed by atoms with van der Waals surface area (Å²) in [5, 5.41) is 12.9. The van der Waals surface area contributed by atoms with Crippen molar-refractivity contribution in [3.8, 4) is 5.75 Å². The van der Waals surface area contributed by atoms with E-state index in [2.05, 4.69) is 10.3 Å². The minimum atomic E-state index is -0.501. The third kappa shape index (κ3) is 2.64. The van der Waals surface area contributed by atoms with Crippen LogP contribution in [0.4, 0.5) is 0 Å². The number of carbonyl (C=O) groups excluding carboxylic acids is 1. The maximum absolute atomic E-state index is 12.1. The number of pyridine rings is 1. The van der Waals surface area contributed by atoms with Crippen molar-refractivity contribution in [2.75, 3.05) is 0 Å². The van der Waals surface area contributed by atoms with Crippen LogP contribution >= 0.6 is 0 Å². The van der Waals surface area contributed by atoms with E-state index in [0.717, 1.165) is 36.9 Å². The first-order chi connectivity index (χ1) is 9.04. The zero-order valence-corrected chi connectivity index (χ0v) is 11.4. The van der Waals surface area contributed by atoms with E-state index in [1.165, 1.54) is 0 Å². The molecule has 3 N–H and O–H groups in total. The van der Waals surface area contributed by atoms with Crippen LogP contribution in [-0.4, -0.2) is 22.0 Å². The second-order valence-corrected chi connectivity index (χ2v) is 5.12. The Hall–Kier alpha value is -1.78. The number of aromatic hydroxyl groups is 1. The van der Waals surface area contributed by atoms with Gasteiger partial charge in [-0.3, -0.25) is 9.59 Å². The zero-order chi connectivity index (χ0) is 14.0. The van der Waals surface area contributed by atoms with Crippen LogP contribution in [0.25, 0.3) is 0 Å². The van der Waals surface area contributed by atoms with Crippen LogP contribution in [0.15, 0.2) is 4.79 Å². The van der Waals surface area contributed by atoms with Crippen molar-refractivity contribution in [1.29, 1.82) is 0 Å². The summed E-state index contributed by atoms with van der Waals surface area (Å²) in [6, 6.07) is -0.0256. The quantitative estimate of drug-likeness (QED) is 0.773. The van der Waals surface area contributed by atoms with E-state index >= 15 is 0 Å². The number of amides is 1. The molecule has 1 unspecified atom stereocenters. The monoisotopic (exact) mass is 264 g/mol. The van der Waals surface area contributed by atoms with E-state index in [1.54, 1.807) is 0 Å². The first-order valence-corrected chi connectivity index (χ1v) is 6.82. The van der Waals surface area contributed by atoms with Crippen LogP contribution in [0, 0.1) is 0 Å². The lowest BCUT2D eigenvalue weighted by Crippen LogP contribution is -2.36. The summed E-state index contributed by atoms with van der Waals surface area (Å²) in [5.41, 5.74) is 0.842. The minimum Gasteiger partial charge on any atom is -0.507 e. The highest BCUT2D eigenvalue weighted by atomic mass is 16.3. The number of H-pyrrole nitrogens is 1. The number of aromatic amines is 1. The first-order valence-electron chi connectivity index (χ1n) is 6.82. The van der Waals surface area contributed by atoms with Gasteiger partial charge >= 0.3 is 0 Å². The molecular formula is C14H20N2O3. The summed E-state index contributed by atoms with van der Waals surface area (Å²) in [4.78, 5) is 26.7. The summed E-state index contributed by atoms with van der Waals surface area (Å²) in [6.45, 7) is 3.81. The standard InChI is InChI=1S/C14H20N2O3/c1-3-8(2)15-13(18)11-12(17)9-6-4-5-7-10(9)16-14(11)19/h8H,3-7H2,1-2H3,(H,15,18)(H2,16,17,19). The Balaban J connectivity index is 2.41. The van der Waals surface area contributed by atoms with Crippen molar-refractivity contribution < 1.29 is 9.90 Å². The molecule has 104 valence electrons. The highest BCUT2D eigenvalue weighted by Gasteiger charge is 2.24. The number of hydrogen-bond acceptors (Lipinski definition) is 3. The van der Waals surface area contributed by atoms with Gasteiger partial charge in [-0.2, -0.15) is 0 Å². The van der Waals surface area contributed by atoms with Crippen LogP contribution in [0.2, 0.25) is 0 Å². The minimum absolute atomic E-state index is 0.0256. The molecule has 0 aromatic carbocycles. The van der Waals surface area contributed by atoms with Gasteiger partial charge in [0.15, 0.2) is 0 Å². The van der Waals surface area contributed by atoms with E-state index in [9.17, 15) is 14.7 Å². The Morgan fingerprint density at radius 1 is 1.42 bits per heavy atom. The van der Waals surface area contributed by atoms with Gasteiger partial charge in [-0.15, -0.1) is 0 Å². The second kappa shape index (κ2) is 5.47. The van der Waals surface area contributed by atoms with Crippen LogP contribution in [-0.2, 0) is 12.8 Å². The summed E-state index contributed by atoms with van der Waals surface area (Å²) in [5.74, 6) is -0.638. The van der Waals surface area contributed by atoms with Gasteiger partial charge in [0, 0.05) is 17.3 Å². The fourth-order valence-electron chi connectivity index (χ4n) is 2.37. The molecule has 2 rings (SSSR count). The first kappa shape index (κ1) is 13.6. The van der Waals surface area contributed by atoms with Gasteiger partial charge in [-0.05, 0) is 39.0 Å². The van der Waals surface area contributed by atoms with Gasteiger partial charge in [0.25, 0.3) is 11.5 Å². The molecule has 0 spiro atoms. The number of nitrogens with one attached hydrogen (secondary N) is 2. The third-order valence-corrected chi connectivity index (χ3v) is 3.70. The predicted octanol–water partition coefficient (Wildman–Crippen LogP) is 1.49. The molecule has 1 heterocycles. The lowest BCUT2D eigenvalue weighted by atomic mass is 9.93. The fourth-order valence-corrected chi connectivity index (χ4v) is 2.37. The molecule has 0 saturated heterocycles. The number of hydrogen-bond donors (Lipinski definition) is 3. The van der Waals surface area contributed by atoms with Gasteiger partial charge in [-0.25, -0.2) is 0 Å². The third-order valence-electron chi connectivity index (χ3n) is 3.70. The molecule has 5 heteroatoms. The van der Waals surface area contributed by atoms with E-state index in [-0.39, 0.29) is 17.4 Å². The predicted molar refractivity (Wildman–Crippen MR) is 72.6 cm³/mol. The molecule has 1 amide bonds. The molecule has 1 aromatic rings. The van der Waals surface area contributed by atoms with Gasteiger partial charge < -0.3 is 15.4 Å². The normalized spacial score (nSPS) is 15.7. The van der Waals surface area contributed by atoms with Crippen molar-refractivity contribution >= 4 is 5.91 Å². The molecule has 19 heavy (non-hydrogen) atoms. The molecule has 5 nitrogen and oxygen atoms in total. The fraction of sp³-hybridized carbons (Fsp3) is 0.571. The average Bonchev–Trinajstić information content (AvgIpc) is 2.38. The van der Waals surface area contributed by atoms with E-state index < -0.39 is 11.5 Å². The number of fused-ring (bicyclic) bond motifs is 1. The zero-order valence-electron chi connectivity index (χ0n) is 11.4. The van der Waals surface area contributed by atoms with E-state index in [0.29, 0.717) is 6.42 Å². The van der Waals surface area contributed by atoms with Crippen LogP contribution < -0.4 is 10.9 Å². The van der Waals surface area contributed by atoms with E-state index in [4.69, 9.17) is 0 Å². The molecule has 0 radical (unpaired) electrons. The van der Waals surface area contributed by atoms with Crippen LogP contribution in [0.1, 0.15) is 54.7 Å². The second-order valence-electron chi connectivity index (χ2n) is 5.12. The molecule has 1 aliphatic carbocycles. The molecule has 1 aliphatic rings. The van der Waals surface area contributed by atoms with Gasteiger partial charge in [0.1, 0.15) is 11.3 Å². The van der Waals surface area contributed by atoms with Crippen molar-refractivity contribution in [2.45, 2.75) is 52.0 Å². The lowest BCUT2D eigenvalue weighted by molar-refractivity contribution is 0.0934. The maximum Gasteiger partial charge on any atom is 0.264 e. The van der Waals surface area contributed by atoms with Crippen LogP contribution in [0.5, 0.6) is 5.75 Å². The summed E-state index contributed by atoms with van der Waals surface area (Å²) < 4.78 is 0. The van der Waals surface area contributed by atoms with Gasteiger partial charge in [0.2, 0.25) is 0 Å². The van der Waals surface area contributed by atoms with Crippen molar-refractivity contribution in [3.63, 3.8) is 0 Å². The summed E-state index contributed by atoms with van der Waals surface area (Å²) in [7, 11) is 0. The lowest BCUT2D eigenvalue weighted by Gasteiger charge is -2.19. The average molecular weight is 264 g/mol. The SMILES string of the molecule is CCC(C)NC(=O)c1c(O)c2c([nH]c1=O)CCCC2. The largest absolute Gasteiger partial charge is 0.507 e. The Kier molecular flexibility index (Phi) is 3.93. The number of rotatable bonds is 3. The number of aryl methyl sites for hydroxylation is 1. The van der Waals surface area contributed by atoms with Crippen molar-refractivity contribution in [3.05, 3.63) is 27.2 Å². The highest BCUT2D eigenvalue weighted by molar-refractivity contribution is 5.97. The maximum atomic E-state index is 12.1. The number of carbonyl (C=O) groups is 1. The van der Waals surface area contributed by atoms with Crippen molar-refractivity contribution in [2.24, 2.45) is 0 Å². The Labute approximate surface area is 112 Å². The molecular weight excluding hydrogens is 244 g/mol. The summed E-state index contributed by atoms with van der Waals surface area (Å²) >= 11 is 0. The molecule has 1 atom stereocenters. The van der Waals surface area contributed by atoms with Gasteiger partial charge in [0.05, 0.1) is 0 Å². The number of aromatic nitrogens is 1.